The molecule has 0 bridgehead atoms. The number of hydrogen-bond acceptors (Lipinski definition) is 3. The van der Waals surface area contributed by atoms with Gasteiger partial charge < -0.3 is 0 Å². The van der Waals surface area contributed by atoms with Crippen molar-refractivity contribution in [1.29, 1.82) is 0 Å². The van der Waals surface area contributed by atoms with Gasteiger partial charge in [0.25, 0.3) is 0 Å². The van der Waals surface area contributed by atoms with Crippen LogP contribution in [-0.4, -0.2) is 10.7 Å². The summed E-state index contributed by atoms with van der Waals surface area (Å²) in [6.07, 6.45) is 1.69. The van der Waals surface area contributed by atoms with E-state index in [9.17, 15) is 4.39 Å². The minimum Gasteiger partial charge on any atom is -0.274 e. The third kappa shape index (κ3) is 3.17. The van der Waals surface area contributed by atoms with Crippen LogP contribution in [0.2, 0.25) is 0 Å². The Morgan fingerprint density at radius 1 is 0.769 bits per heavy atom. The smallest absolute Gasteiger partial charge is 0.148 e. The van der Waals surface area contributed by atoms with Crippen LogP contribution in [0.5, 0.6) is 0 Å². The first-order valence-corrected chi connectivity index (χ1v) is 8.31. The van der Waals surface area contributed by atoms with Gasteiger partial charge in [-0.15, -0.1) is 0 Å². The maximum atomic E-state index is 14.4. The predicted molar refractivity (Wildman–Crippen MR) is 104 cm³/mol. The zero-order valence-corrected chi connectivity index (χ0v) is 13.9. The van der Waals surface area contributed by atoms with Crippen LogP contribution in [-0.2, 0) is 0 Å². The zero-order valence-electron chi connectivity index (χ0n) is 13.9. The van der Waals surface area contributed by atoms with Crippen molar-refractivity contribution in [2.75, 3.05) is 5.43 Å². The van der Waals surface area contributed by atoms with Crippen LogP contribution in [0.1, 0.15) is 11.1 Å². The first-order valence-electron chi connectivity index (χ1n) is 8.31. The molecule has 0 saturated heterocycles. The molecule has 0 spiro atoms. The third-order valence-corrected chi connectivity index (χ3v) is 4.11. The Labute approximate surface area is 150 Å². The van der Waals surface area contributed by atoms with E-state index in [0.717, 1.165) is 16.8 Å². The number of hydrogen-bond donors (Lipinski definition) is 1. The highest BCUT2D eigenvalue weighted by molar-refractivity contribution is 6.13. The summed E-state index contributed by atoms with van der Waals surface area (Å²) in [5, 5.41) is 5.24. The fourth-order valence-electron chi connectivity index (χ4n) is 2.84. The minimum absolute atomic E-state index is 0.319. The monoisotopic (exact) mass is 341 g/mol. The van der Waals surface area contributed by atoms with Crippen molar-refractivity contribution in [3.05, 3.63) is 108 Å². The predicted octanol–water partition coefficient (Wildman–Crippen LogP) is 5.24. The maximum Gasteiger partial charge on any atom is 0.148 e. The molecule has 0 fully saturated rings. The highest BCUT2D eigenvalue weighted by Crippen LogP contribution is 2.25. The molecule has 4 heteroatoms. The number of aromatic nitrogens is 1. The number of rotatable bonds is 4. The molecule has 0 aliphatic carbocycles. The Kier molecular flexibility index (Phi) is 4.39. The number of fused-ring (bicyclic) bond motifs is 1. The van der Waals surface area contributed by atoms with Gasteiger partial charge in [0.1, 0.15) is 11.5 Å². The molecule has 1 heterocycles. The molecule has 4 rings (SSSR count). The van der Waals surface area contributed by atoms with Crippen molar-refractivity contribution < 1.29 is 4.39 Å². The van der Waals surface area contributed by atoms with E-state index in [-0.39, 0.29) is 5.82 Å². The lowest BCUT2D eigenvalue weighted by Crippen LogP contribution is -2.07. The highest BCUT2D eigenvalue weighted by atomic mass is 19.1. The lowest BCUT2D eigenvalue weighted by atomic mass is 10.0. The van der Waals surface area contributed by atoms with E-state index in [4.69, 9.17) is 0 Å². The van der Waals surface area contributed by atoms with Gasteiger partial charge in [-0.25, -0.2) is 4.39 Å². The number of nitrogens with zero attached hydrogens (tertiary/aromatic N) is 2. The van der Waals surface area contributed by atoms with Crippen molar-refractivity contribution in [3.8, 4) is 0 Å². The SMILES string of the molecule is Fc1ccc2ncccc2c1NN=C(c1ccccc1)c1ccccc1. The van der Waals surface area contributed by atoms with Gasteiger partial charge in [0, 0.05) is 22.7 Å². The zero-order chi connectivity index (χ0) is 17.8. The molecule has 3 aromatic carbocycles. The Hall–Kier alpha value is -3.53. The second-order valence-electron chi connectivity index (χ2n) is 5.80. The fraction of sp³-hybridized carbons (Fsp3) is 0. The van der Waals surface area contributed by atoms with Crippen molar-refractivity contribution in [3.63, 3.8) is 0 Å². The van der Waals surface area contributed by atoms with Crippen LogP contribution in [0, 0.1) is 5.82 Å². The van der Waals surface area contributed by atoms with Crippen LogP contribution in [0.25, 0.3) is 10.9 Å². The average molecular weight is 341 g/mol. The van der Waals surface area contributed by atoms with Gasteiger partial charge in [0.2, 0.25) is 0 Å². The number of anilines is 1. The fourth-order valence-corrected chi connectivity index (χ4v) is 2.84. The van der Waals surface area contributed by atoms with Gasteiger partial charge in [-0.05, 0) is 24.3 Å². The Morgan fingerprint density at radius 2 is 1.42 bits per heavy atom. The lowest BCUT2D eigenvalue weighted by molar-refractivity contribution is 0.632. The van der Waals surface area contributed by atoms with Crippen LogP contribution < -0.4 is 5.43 Å². The summed E-state index contributed by atoms with van der Waals surface area (Å²) < 4.78 is 14.4. The average Bonchev–Trinajstić information content (AvgIpc) is 2.71. The summed E-state index contributed by atoms with van der Waals surface area (Å²) in [7, 11) is 0. The van der Waals surface area contributed by atoms with Gasteiger partial charge in [0.15, 0.2) is 0 Å². The van der Waals surface area contributed by atoms with Crippen molar-refractivity contribution in [2.45, 2.75) is 0 Å². The standard InChI is InChI=1S/C22H16FN3/c23-19-13-14-20-18(12-7-15-24-20)22(19)26-25-21(16-8-3-1-4-9-16)17-10-5-2-6-11-17/h1-15,26H. The number of pyridine rings is 1. The molecule has 1 aromatic heterocycles. The molecule has 0 aliphatic rings. The normalized spacial score (nSPS) is 10.5. The van der Waals surface area contributed by atoms with Gasteiger partial charge in [-0.3, -0.25) is 10.4 Å². The molecular formula is C22H16FN3. The Bertz CT molecular complexity index is 1020. The van der Waals surface area contributed by atoms with Gasteiger partial charge in [-0.2, -0.15) is 5.10 Å². The van der Waals surface area contributed by atoms with Crippen molar-refractivity contribution in [1.82, 2.24) is 4.98 Å². The van der Waals surface area contributed by atoms with E-state index in [1.54, 1.807) is 18.3 Å². The molecule has 0 radical (unpaired) electrons. The molecule has 3 nitrogen and oxygen atoms in total. The van der Waals surface area contributed by atoms with E-state index >= 15 is 0 Å². The summed E-state index contributed by atoms with van der Waals surface area (Å²) in [6, 6.07) is 26.3. The topological polar surface area (TPSA) is 37.3 Å². The minimum atomic E-state index is -0.366. The first-order chi connectivity index (χ1) is 12.8. The molecule has 0 saturated carbocycles. The molecule has 0 atom stereocenters. The third-order valence-electron chi connectivity index (χ3n) is 4.11. The Balaban J connectivity index is 1.81. The van der Waals surface area contributed by atoms with Crippen molar-refractivity contribution in [2.24, 2.45) is 5.10 Å². The van der Waals surface area contributed by atoms with Crippen LogP contribution in [0.3, 0.4) is 0 Å². The van der Waals surface area contributed by atoms with Gasteiger partial charge >= 0.3 is 0 Å². The molecule has 26 heavy (non-hydrogen) atoms. The van der Waals surface area contributed by atoms with E-state index in [1.807, 2.05) is 66.7 Å². The van der Waals surface area contributed by atoms with Gasteiger partial charge in [0.05, 0.1) is 11.2 Å². The first kappa shape index (κ1) is 16.0. The second-order valence-corrected chi connectivity index (χ2v) is 5.80. The van der Waals surface area contributed by atoms with Crippen LogP contribution in [0.4, 0.5) is 10.1 Å². The van der Waals surface area contributed by atoms with E-state index in [1.165, 1.54) is 6.07 Å². The second kappa shape index (κ2) is 7.15. The van der Waals surface area contributed by atoms with Crippen LogP contribution >= 0.6 is 0 Å². The molecule has 0 unspecified atom stereocenters. The summed E-state index contributed by atoms with van der Waals surface area (Å²) in [5.74, 6) is -0.366. The quantitative estimate of drug-likeness (QED) is 0.407. The molecular weight excluding hydrogens is 325 g/mol. The van der Waals surface area contributed by atoms with E-state index in [2.05, 4.69) is 15.5 Å². The van der Waals surface area contributed by atoms with E-state index < -0.39 is 0 Å². The summed E-state index contributed by atoms with van der Waals surface area (Å²) in [6.45, 7) is 0. The number of hydrazone groups is 1. The molecule has 4 aromatic rings. The van der Waals surface area contributed by atoms with Crippen LogP contribution in [0.15, 0.2) is 96.2 Å². The van der Waals surface area contributed by atoms with E-state index in [0.29, 0.717) is 16.6 Å². The molecule has 0 amide bonds. The number of benzene rings is 3. The molecule has 126 valence electrons. The summed E-state index contributed by atoms with van der Waals surface area (Å²) >= 11 is 0. The lowest BCUT2D eigenvalue weighted by Gasteiger charge is -2.10. The maximum absolute atomic E-state index is 14.4. The molecule has 0 aliphatic heterocycles. The molecule has 1 N–H and O–H groups in total. The number of halogens is 1. The van der Waals surface area contributed by atoms with Crippen molar-refractivity contribution >= 4 is 22.3 Å². The summed E-state index contributed by atoms with van der Waals surface area (Å²) in [5.41, 5.74) is 6.60. The summed E-state index contributed by atoms with van der Waals surface area (Å²) in [4.78, 5) is 4.27. The van der Waals surface area contributed by atoms with Gasteiger partial charge in [-0.1, -0.05) is 60.7 Å². The number of nitrogens with one attached hydrogen (secondary N) is 1. The Morgan fingerprint density at radius 3 is 2.08 bits per heavy atom. The largest absolute Gasteiger partial charge is 0.274 e. The highest BCUT2D eigenvalue weighted by Gasteiger charge is 2.10.